The summed E-state index contributed by atoms with van der Waals surface area (Å²) in [5.74, 6) is 0.333. The number of benzene rings is 1. The van der Waals surface area contributed by atoms with Crippen LogP contribution in [0, 0.1) is 5.92 Å². The molecule has 124 valence electrons. The van der Waals surface area contributed by atoms with E-state index in [0.29, 0.717) is 24.7 Å². The van der Waals surface area contributed by atoms with Crippen molar-refractivity contribution < 1.29 is 4.79 Å². The van der Waals surface area contributed by atoms with Gasteiger partial charge >= 0.3 is 0 Å². The lowest BCUT2D eigenvalue weighted by atomic mass is 10.1. The van der Waals surface area contributed by atoms with Gasteiger partial charge in [-0.25, -0.2) is 4.98 Å². The van der Waals surface area contributed by atoms with Gasteiger partial charge in [-0.05, 0) is 18.1 Å². The summed E-state index contributed by atoms with van der Waals surface area (Å²) in [7, 11) is 2.07. The highest BCUT2D eigenvalue weighted by Gasteiger charge is 2.28. The predicted molar refractivity (Wildman–Crippen MR) is 97.8 cm³/mol. The molecule has 0 saturated carbocycles. The molecule has 1 unspecified atom stereocenters. The molecule has 2 heterocycles. The zero-order chi connectivity index (χ0) is 15.7. The lowest BCUT2D eigenvalue weighted by Crippen LogP contribution is -2.35. The first-order chi connectivity index (χ1) is 10.6. The second-order valence-corrected chi connectivity index (χ2v) is 6.66. The molecule has 0 aliphatic carbocycles. The highest BCUT2D eigenvalue weighted by molar-refractivity contribution is 7.09. The fourth-order valence-corrected chi connectivity index (χ4v) is 3.53. The van der Waals surface area contributed by atoms with Gasteiger partial charge in [0.25, 0.3) is 5.91 Å². The number of halogens is 1. The lowest BCUT2D eigenvalue weighted by Gasteiger charge is -2.23. The second kappa shape index (κ2) is 7.29. The summed E-state index contributed by atoms with van der Waals surface area (Å²) in [6.07, 6.45) is 0. The number of nitrogens with two attached hydrogens (primary N) is 1. The van der Waals surface area contributed by atoms with E-state index in [-0.39, 0.29) is 18.3 Å². The van der Waals surface area contributed by atoms with E-state index in [2.05, 4.69) is 29.9 Å². The number of nitrogens with zero attached hydrogens (tertiary/aromatic N) is 3. The predicted octanol–water partition coefficient (Wildman–Crippen LogP) is 2.76. The Morgan fingerprint density at radius 3 is 2.70 bits per heavy atom. The van der Waals surface area contributed by atoms with Crippen molar-refractivity contribution in [2.75, 3.05) is 29.9 Å². The molecule has 7 heteroatoms. The average Bonchev–Trinajstić information content (AvgIpc) is 2.96. The maximum absolute atomic E-state index is 12.9. The second-order valence-electron chi connectivity index (χ2n) is 5.72. The molecule has 1 aliphatic heterocycles. The van der Waals surface area contributed by atoms with Crippen LogP contribution in [0.15, 0.2) is 29.6 Å². The molecule has 0 radical (unpaired) electrons. The molecular weight excluding hydrogens is 332 g/mol. The largest absolute Gasteiger partial charge is 0.373 e. The molecule has 2 N–H and O–H groups in total. The summed E-state index contributed by atoms with van der Waals surface area (Å²) in [5.41, 5.74) is 8.11. The Hall–Kier alpha value is -1.63. The van der Waals surface area contributed by atoms with Crippen LogP contribution in [0.2, 0.25) is 0 Å². The van der Waals surface area contributed by atoms with E-state index in [9.17, 15) is 4.79 Å². The van der Waals surface area contributed by atoms with Gasteiger partial charge in [-0.1, -0.05) is 19.1 Å². The van der Waals surface area contributed by atoms with Gasteiger partial charge in [0.05, 0.1) is 11.4 Å². The van der Waals surface area contributed by atoms with Crippen LogP contribution in [-0.2, 0) is 6.54 Å². The number of carbonyl (C=O) groups excluding carboxylic acids is 1. The monoisotopic (exact) mass is 352 g/mol. The maximum atomic E-state index is 12.9. The summed E-state index contributed by atoms with van der Waals surface area (Å²) in [4.78, 5) is 21.3. The van der Waals surface area contributed by atoms with E-state index in [4.69, 9.17) is 5.73 Å². The van der Waals surface area contributed by atoms with E-state index < -0.39 is 0 Å². The number of carbonyl (C=O) groups is 1. The molecule has 1 amide bonds. The summed E-state index contributed by atoms with van der Waals surface area (Å²) in [6.45, 7) is 4.14. The SMILES string of the molecule is CC1CN(C)c2ccccc2N(C(=O)c2csc(CN)n2)C1.Cl. The van der Waals surface area contributed by atoms with E-state index >= 15 is 0 Å². The van der Waals surface area contributed by atoms with Gasteiger partial charge in [0.15, 0.2) is 0 Å². The highest BCUT2D eigenvalue weighted by atomic mass is 35.5. The minimum absolute atomic E-state index is 0. The molecule has 0 bridgehead atoms. The maximum Gasteiger partial charge on any atom is 0.277 e. The Balaban J connectivity index is 0.00000192. The first kappa shape index (κ1) is 17.7. The Morgan fingerprint density at radius 1 is 1.35 bits per heavy atom. The number of para-hydroxylation sites is 2. The van der Waals surface area contributed by atoms with Crippen molar-refractivity contribution in [3.63, 3.8) is 0 Å². The fraction of sp³-hybridized carbons (Fsp3) is 0.375. The van der Waals surface area contributed by atoms with Gasteiger partial charge in [0, 0.05) is 32.1 Å². The number of hydrogen-bond acceptors (Lipinski definition) is 5. The molecule has 5 nitrogen and oxygen atoms in total. The van der Waals surface area contributed by atoms with Crippen LogP contribution in [0.3, 0.4) is 0 Å². The van der Waals surface area contributed by atoms with Crippen molar-refractivity contribution in [2.24, 2.45) is 11.7 Å². The van der Waals surface area contributed by atoms with E-state index in [1.54, 1.807) is 5.38 Å². The summed E-state index contributed by atoms with van der Waals surface area (Å²) >= 11 is 1.44. The Labute approximate surface area is 146 Å². The Morgan fingerprint density at radius 2 is 2.04 bits per heavy atom. The van der Waals surface area contributed by atoms with Crippen LogP contribution in [0.1, 0.15) is 22.4 Å². The van der Waals surface area contributed by atoms with Crippen molar-refractivity contribution in [1.29, 1.82) is 0 Å². The van der Waals surface area contributed by atoms with Crippen molar-refractivity contribution in [3.05, 3.63) is 40.3 Å². The number of hydrogen-bond donors (Lipinski definition) is 1. The number of thiazole rings is 1. The molecule has 1 atom stereocenters. The molecule has 0 saturated heterocycles. The Bertz CT molecular complexity index is 690. The summed E-state index contributed by atoms with van der Waals surface area (Å²) < 4.78 is 0. The van der Waals surface area contributed by atoms with E-state index in [1.807, 2.05) is 23.1 Å². The highest BCUT2D eigenvalue weighted by Crippen LogP contribution is 2.33. The zero-order valence-corrected chi connectivity index (χ0v) is 14.9. The van der Waals surface area contributed by atoms with Gasteiger partial charge in [0.1, 0.15) is 10.7 Å². The average molecular weight is 353 g/mol. The first-order valence-corrected chi connectivity index (χ1v) is 8.24. The van der Waals surface area contributed by atoms with E-state index in [0.717, 1.165) is 22.9 Å². The third-order valence-electron chi connectivity index (χ3n) is 3.85. The van der Waals surface area contributed by atoms with Crippen LogP contribution in [0.4, 0.5) is 11.4 Å². The molecule has 1 aromatic carbocycles. The number of amides is 1. The van der Waals surface area contributed by atoms with Gasteiger partial charge in [0.2, 0.25) is 0 Å². The quantitative estimate of drug-likeness (QED) is 0.902. The smallest absolute Gasteiger partial charge is 0.277 e. The van der Waals surface area contributed by atoms with Gasteiger partial charge in [-0.15, -0.1) is 23.7 Å². The van der Waals surface area contributed by atoms with Crippen molar-refractivity contribution >= 4 is 41.0 Å². The zero-order valence-electron chi connectivity index (χ0n) is 13.2. The molecule has 1 aliphatic rings. The standard InChI is InChI=1S/C16H20N4OS.ClH/c1-11-8-19(2)13-5-3-4-6-14(13)20(9-11)16(21)12-10-22-15(7-17)18-12;/h3-6,10-11H,7-9,17H2,1-2H3;1H. The molecule has 1 aromatic heterocycles. The van der Waals surface area contributed by atoms with Crippen LogP contribution < -0.4 is 15.5 Å². The third kappa shape index (κ3) is 3.49. The summed E-state index contributed by atoms with van der Waals surface area (Å²) in [6, 6.07) is 8.02. The normalized spacial score (nSPS) is 17.3. The van der Waals surface area contributed by atoms with Gasteiger partial charge < -0.3 is 15.5 Å². The molecular formula is C16H21ClN4OS. The summed E-state index contributed by atoms with van der Waals surface area (Å²) in [5, 5.41) is 2.59. The van der Waals surface area contributed by atoms with Crippen LogP contribution in [0.25, 0.3) is 0 Å². The number of rotatable bonds is 2. The van der Waals surface area contributed by atoms with Crippen LogP contribution in [0.5, 0.6) is 0 Å². The van der Waals surface area contributed by atoms with Gasteiger partial charge in [-0.2, -0.15) is 0 Å². The minimum atomic E-state index is -0.0504. The van der Waals surface area contributed by atoms with Crippen molar-refractivity contribution in [2.45, 2.75) is 13.5 Å². The lowest BCUT2D eigenvalue weighted by molar-refractivity contribution is 0.0980. The van der Waals surface area contributed by atoms with E-state index in [1.165, 1.54) is 11.3 Å². The number of anilines is 2. The topological polar surface area (TPSA) is 62.5 Å². The molecule has 0 fully saturated rings. The first-order valence-electron chi connectivity index (χ1n) is 7.36. The molecule has 23 heavy (non-hydrogen) atoms. The molecule has 3 rings (SSSR count). The molecule has 2 aromatic rings. The number of aromatic nitrogens is 1. The molecule has 0 spiro atoms. The minimum Gasteiger partial charge on any atom is -0.373 e. The van der Waals surface area contributed by atoms with Gasteiger partial charge in [-0.3, -0.25) is 4.79 Å². The third-order valence-corrected chi connectivity index (χ3v) is 4.73. The fourth-order valence-electron chi connectivity index (χ4n) is 2.88. The van der Waals surface area contributed by atoms with Crippen molar-refractivity contribution in [1.82, 2.24) is 4.98 Å². The van der Waals surface area contributed by atoms with Crippen molar-refractivity contribution in [3.8, 4) is 0 Å². The number of fused-ring (bicyclic) bond motifs is 1. The Kier molecular flexibility index (Phi) is 5.62. The van der Waals surface area contributed by atoms with Crippen LogP contribution >= 0.6 is 23.7 Å². The van der Waals surface area contributed by atoms with Crippen LogP contribution in [-0.4, -0.2) is 31.0 Å².